The molecule has 2 amide bonds. The van der Waals surface area contributed by atoms with Crippen molar-refractivity contribution >= 4 is 35.4 Å². The second kappa shape index (κ2) is 18.1. The van der Waals surface area contributed by atoms with Gasteiger partial charge in [-0.3, -0.25) is 0 Å². The van der Waals surface area contributed by atoms with Crippen LogP contribution in [-0.2, 0) is 29.0 Å². The molecule has 0 unspecified atom stereocenters. The Morgan fingerprint density at radius 2 is 1.20 bits per heavy atom. The lowest BCUT2D eigenvalue weighted by Crippen LogP contribution is -2.54. The van der Waals surface area contributed by atoms with E-state index in [9.17, 15) is 9.59 Å². The highest BCUT2D eigenvalue weighted by atomic mass is 31.2. The lowest BCUT2D eigenvalue weighted by Gasteiger charge is -2.48. The zero-order valence-corrected chi connectivity index (χ0v) is 32.4. The van der Waals surface area contributed by atoms with Crippen LogP contribution in [0.2, 0.25) is 0 Å². The van der Waals surface area contributed by atoms with Crippen molar-refractivity contribution in [2.45, 2.75) is 95.7 Å². The minimum atomic E-state index is -1.97. The van der Waals surface area contributed by atoms with Crippen LogP contribution in [0.4, 0.5) is 9.59 Å². The SMILES string of the molecule is C#CCCNC(=O)OCC(C)(C)C1CCC2(CC1)OOC1(CCC(OC(=O)NCCC[P+](c3ccccc3)(c3ccccc3)c3ccccc3)CC1)OO2. The van der Waals surface area contributed by atoms with Gasteiger partial charge in [0, 0.05) is 50.6 Å². The molecule has 3 aliphatic rings. The molecule has 6 rings (SSSR count). The first-order chi connectivity index (χ1) is 26.2. The van der Waals surface area contributed by atoms with E-state index in [1.54, 1.807) is 0 Å². The van der Waals surface area contributed by atoms with E-state index in [4.69, 9.17) is 35.4 Å². The molecule has 1 heterocycles. The molecule has 54 heavy (non-hydrogen) atoms. The molecule has 3 fully saturated rings. The molecule has 0 radical (unpaired) electrons. The maximum absolute atomic E-state index is 13.0. The fourth-order valence-corrected chi connectivity index (χ4v) is 12.2. The molecule has 3 aromatic carbocycles. The van der Waals surface area contributed by atoms with Crippen molar-refractivity contribution in [3.8, 4) is 12.3 Å². The van der Waals surface area contributed by atoms with Gasteiger partial charge in [-0.25, -0.2) is 9.59 Å². The first kappa shape index (κ1) is 39.7. The van der Waals surface area contributed by atoms with Crippen molar-refractivity contribution in [1.82, 2.24) is 10.6 Å². The molecule has 0 atom stereocenters. The van der Waals surface area contributed by atoms with Gasteiger partial charge in [-0.2, -0.15) is 19.6 Å². The van der Waals surface area contributed by atoms with E-state index in [0.29, 0.717) is 70.6 Å². The summed E-state index contributed by atoms with van der Waals surface area (Å²) in [6, 6.07) is 32.3. The van der Waals surface area contributed by atoms with Crippen molar-refractivity contribution in [1.29, 1.82) is 0 Å². The van der Waals surface area contributed by atoms with Gasteiger partial charge in [-0.15, -0.1) is 12.3 Å². The molecular formula is C43H54N2O8P+. The minimum Gasteiger partial charge on any atom is -0.449 e. The molecule has 1 saturated heterocycles. The van der Waals surface area contributed by atoms with E-state index in [1.807, 2.05) is 0 Å². The van der Waals surface area contributed by atoms with Crippen molar-refractivity contribution in [3.63, 3.8) is 0 Å². The largest absolute Gasteiger partial charge is 0.449 e. The lowest BCUT2D eigenvalue weighted by atomic mass is 9.70. The van der Waals surface area contributed by atoms with Crippen LogP contribution in [0, 0.1) is 23.7 Å². The van der Waals surface area contributed by atoms with Gasteiger partial charge in [-0.05, 0) is 74.4 Å². The summed E-state index contributed by atoms with van der Waals surface area (Å²) >= 11 is 0. The third-order valence-electron chi connectivity index (χ3n) is 11.2. The maximum atomic E-state index is 13.0. The Labute approximate surface area is 320 Å². The minimum absolute atomic E-state index is 0.230. The summed E-state index contributed by atoms with van der Waals surface area (Å²) in [7, 11) is -1.97. The van der Waals surface area contributed by atoms with Crippen molar-refractivity contribution in [2.24, 2.45) is 11.3 Å². The normalized spacial score (nSPS) is 24.3. The summed E-state index contributed by atoms with van der Waals surface area (Å²) in [5.74, 6) is 0.785. The number of alkyl carbamates (subject to hydrolysis) is 2. The average molecular weight is 758 g/mol. The molecule has 2 aliphatic carbocycles. The molecule has 3 aromatic rings. The Hall–Kier alpha value is -3.97. The van der Waals surface area contributed by atoms with E-state index in [-0.39, 0.29) is 11.5 Å². The number of rotatable bonds is 13. The van der Waals surface area contributed by atoms with Crippen LogP contribution in [-0.4, -0.2) is 55.7 Å². The van der Waals surface area contributed by atoms with Crippen molar-refractivity contribution < 1.29 is 38.6 Å². The Morgan fingerprint density at radius 3 is 1.69 bits per heavy atom. The number of benzene rings is 3. The van der Waals surface area contributed by atoms with Crippen LogP contribution in [0.1, 0.15) is 78.1 Å². The Morgan fingerprint density at radius 1 is 0.741 bits per heavy atom. The van der Waals surface area contributed by atoms with Gasteiger partial charge in [0.15, 0.2) is 0 Å². The van der Waals surface area contributed by atoms with Crippen LogP contribution in [0.25, 0.3) is 0 Å². The zero-order valence-electron chi connectivity index (χ0n) is 31.5. The predicted molar refractivity (Wildman–Crippen MR) is 210 cm³/mol. The maximum Gasteiger partial charge on any atom is 0.407 e. The molecule has 1 aliphatic heterocycles. The summed E-state index contributed by atoms with van der Waals surface area (Å²) < 4.78 is 11.3. The number of carbonyl (C=O) groups is 2. The van der Waals surface area contributed by atoms with Gasteiger partial charge in [-0.1, -0.05) is 68.4 Å². The Bertz CT molecular complexity index is 1580. The fraction of sp³-hybridized carbons (Fsp3) is 0.488. The van der Waals surface area contributed by atoms with Gasteiger partial charge in [0.2, 0.25) is 11.6 Å². The van der Waals surface area contributed by atoms with Crippen LogP contribution in [0.15, 0.2) is 91.0 Å². The van der Waals surface area contributed by atoms with Gasteiger partial charge in [0.1, 0.15) is 29.3 Å². The number of terminal acetylenes is 1. The second-order valence-corrected chi connectivity index (χ2v) is 18.9. The highest BCUT2D eigenvalue weighted by Crippen LogP contribution is 2.55. The second-order valence-electron chi connectivity index (χ2n) is 15.3. The van der Waals surface area contributed by atoms with Crippen LogP contribution >= 0.6 is 7.26 Å². The van der Waals surface area contributed by atoms with Crippen LogP contribution in [0.5, 0.6) is 0 Å². The van der Waals surface area contributed by atoms with Gasteiger partial charge < -0.3 is 20.1 Å². The topological polar surface area (TPSA) is 114 Å². The summed E-state index contributed by atoms with van der Waals surface area (Å²) in [6.45, 7) is 5.40. The van der Waals surface area contributed by atoms with Crippen molar-refractivity contribution in [2.75, 3.05) is 25.9 Å². The first-order valence-electron chi connectivity index (χ1n) is 19.2. The third kappa shape index (κ3) is 9.63. The van der Waals surface area contributed by atoms with E-state index in [2.05, 4.69) is 121 Å². The van der Waals surface area contributed by atoms with Gasteiger partial charge in [0.25, 0.3) is 0 Å². The quantitative estimate of drug-likeness (QED) is 0.0809. The molecule has 288 valence electrons. The number of carbonyl (C=O) groups excluding carboxylic acids is 2. The van der Waals surface area contributed by atoms with E-state index >= 15 is 0 Å². The van der Waals surface area contributed by atoms with E-state index in [1.165, 1.54) is 15.9 Å². The number of ether oxygens (including phenoxy) is 2. The molecule has 10 nitrogen and oxygen atoms in total. The Kier molecular flexibility index (Phi) is 13.3. The van der Waals surface area contributed by atoms with E-state index < -0.39 is 31.0 Å². The molecule has 2 saturated carbocycles. The number of nitrogens with one attached hydrogen (secondary N) is 2. The molecule has 2 spiro atoms. The lowest BCUT2D eigenvalue weighted by molar-refractivity contribution is -0.663. The molecule has 2 N–H and O–H groups in total. The monoisotopic (exact) mass is 757 g/mol. The van der Waals surface area contributed by atoms with Gasteiger partial charge in [0.05, 0.1) is 12.8 Å². The number of amides is 2. The van der Waals surface area contributed by atoms with Crippen LogP contribution in [0.3, 0.4) is 0 Å². The average Bonchev–Trinajstić information content (AvgIpc) is 3.21. The fourth-order valence-electron chi connectivity index (χ4n) is 7.89. The summed E-state index contributed by atoms with van der Waals surface area (Å²) in [5, 5.41) is 9.66. The molecule has 0 aromatic heterocycles. The van der Waals surface area contributed by atoms with Crippen LogP contribution < -0.4 is 26.5 Å². The standard InChI is InChI=1S/C43H53N2O8P/c1-4-5-30-44-39(46)48-33-41(2,3)34-22-26-42(27-23-34)50-52-43(53-51-42)28-24-35(25-29-43)49-40(47)45-31-15-32-54(36-16-9-6-10-17-36,37-18-11-7-12-19-37)38-20-13-8-14-21-38/h1,6-14,16-21,34-35H,5,15,22-33H2,2-3H3,(H-,44,45,46,47)/p+1. The highest BCUT2D eigenvalue weighted by Gasteiger charge is 2.53. The highest BCUT2D eigenvalue weighted by molar-refractivity contribution is 7.95. The summed E-state index contributed by atoms with van der Waals surface area (Å²) in [6.07, 6.45) is 11.1. The van der Waals surface area contributed by atoms with Crippen molar-refractivity contribution in [3.05, 3.63) is 91.0 Å². The first-order valence-corrected chi connectivity index (χ1v) is 21.2. The predicted octanol–water partition coefficient (Wildman–Crippen LogP) is 7.31. The zero-order chi connectivity index (χ0) is 37.9. The summed E-state index contributed by atoms with van der Waals surface area (Å²) in [5.41, 5.74) is -0.230. The van der Waals surface area contributed by atoms with E-state index in [0.717, 1.165) is 25.4 Å². The summed E-state index contributed by atoms with van der Waals surface area (Å²) in [4.78, 5) is 48.7. The molecule has 11 heteroatoms. The molecular weight excluding hydrogens is 703 g/mol. The number of hydrogen-bond donors (Lipinski definition) is 2. The smallest absolute Gasteiger partial charge is 0.407 e. The third-order valence-corrected chi connectivity index (χ3v) is 15.7. The number of hydrogen-bond acceptors (Lipinski definition) is 8. The molecule has 0 bridgehead atoms. The Balaban J connectivity index is 0.935. The van der Waals surface area contributed by atoms with Gasteiger partial charge >= 0.3 is 12.2 Å².